The Kier molecular flexibility index (Phi) is 11.0. The number of piperidine rings is 1. The highest BCUT2D eigenvalue weighted by Gasteiger charge is 2.48. The highest BCUT2D eigenvalue weighted by molar-refractivity contribution is 7.90. The molecule has 308 valence electrons. The number of ether oxygens (including phenoxy) is 1. The predicted molar refractivity (Wildman–Crippen MR) is 218 cm³/mol. The van der Waals surface area contributed by atoms with Gasteiger partial charge in [-0.15, -0.1) is 0 Å². The second kappa shape index (κ2) is 16.2. The zero-order valence-electron chi connectivity index (χ0n) is 33.0. The molecule has 58 heavy (non-hydrogen) atoms. The van der Waals surface area contributed by atoms with Crippen LogP contribution >= 0.6 is 0 Å². The van der Waals surface area contributed by atoms with Crippen molar-refractivity contribution in [1.29, 1.82) is 0 Å². The van der Waals surface area contributed by atoms with Crippen molar-refractivity contribution in [3.05, 3.63) is 70.7 Å². The number of nitro groups is 1. The zero-order valence-corrected chi connectivity index (χ0v) is 33.8. The minimum Gasteiger partial charge on any atom is -0.455 e. The van der Waals surface area contributed by atoms with Gasteiger partial charge >= 0.3 is 5.69 Å². The van der Waals surface area contributed by atoms with Crippen LogP contribution in [0.25, 0.3) is 11.0 Å². The van der Waals surface area contributed by atoms with Gasteiger partial charge in [0, 0.05) is 88.2 Å². The van der Waals surface area contributed by atoms with Crippen LogP contribution in [0, 0.1) is 27.4 Å². The Balaban J connectivity index is 0.968. The summed E-state index contributed by atoms with van der Waals surface area (Å²) in [6.07, 6.45) is 12.8. The van der Waals surface area contributed by atoms with E-state index in [1.807, 2.05) is 11.0 Å². The first-order chi connectivity index (χ1) is 27.8. The minimum atomic E-state index is -4.59. The summed E-state index contributed by atoms with van der Waals surface area (Å²) < 4.78 is 35.6. The lowest BCUT2D eigenvalue weighted by atomic mass is 9.60. The Morgan fingerprint density at radius 2 is 1.72 bits per heavy atom. The number of benzene rings is 1. The number of fused-ring (bicyclic) bond motifs is 1. The fourth-order valence-electron chi connectivity index (χ4n) is 9.20. The molecule has 4 fully saturated rings. The Bertz CT molecular complexity index is 2290. The maximum absolute atomic E-state index is 13.8. The molecule has 17 heteroatoms. The van der Waals surface area contributed by atoms with Gasteiger partial charge in [0.1, 0.15) is 22.0 Å². The number of carbonyl (C=O) groups excluding carboxylic acids is 2. The van der Waals surface area contributed by atoms with Crippen molar-refractivity contribution in [2.45, 2.75) is 76.2 Å². The summed E-state index contributed by atoms with van der Waals surface area (Å²) in [4.78, 5) is 54.8. The lowest BCUT2D eigenvalue weighted by molar-refractivity contribution is -0.384. The molecule has 5 heterocycles. The van der Waals surface area contributed by atoms with E-state index in [0.29, 0.717) is 35.8 Å². The fraction of sp³-hybridized carbons (Fsp3) is 0.512. The maximum atomic E-state index is 13.8. The SMILES string of the molecule is CC(=O)N1CCN(C2CC3(CCN(c4ccc(C(=O)NS(=O)(=O)c5cnc(NC[C@H]6CC[C@@H](C)CC6)c([N+](=O)[O-])c5)c(Oc5cnc6[nH]ccc6c5)c4)CC3)C2)CC1. The standard InChI is InChI=1S/C41H51N9O7S/c1-27-3-5-29(6-4-27)24-43-39-36(50(53)54)21-34(26-45-39)58(55,56)46-40(52)35-8-7-31(20-37(35)57-33-19-30-9-12-42-38(30)44-25-33)48-13-10-41(11-14-48)22-32(23-41)49-17-15-47(16-18-49)28(2)51/h7-9,12,19-21,25-27,29,32H,3-6,10-11,13-18,22-24H2,1-2H3,(H,42,44)(H,43,45)(H,46,52)/t27-,29+. The molecule has 1 spiro atoms. The maximum Gasteiger partial charge on any atom is 0.312 e. The van der Waals surface area contributed by atoms with Gasteiger partial charge in [0.25, 0.3) is 15.9 Å². The number of H-pyrrole nitrogens is 1. The Morgan fingerprint density at radius 3 is 2.43 bits per heavy atom. The first kappa shape index (κ1) is 39.5. The number of hydrogen-bond donors (Lipinski definition) is 3. The first-order valence-electron chi connectivity index (χ1n) is 20.3. The zero-order chi connectivity index (χ0) is 40.6. The molecule has 16 nitrogen and oxygen atoms in total. The molecular weight excluding hydrogens is 763 g/mol. The smallest absolute Gasteiger partial charge is 0.312 e. The van der Waals surface area contributed by atoms with E-state index in [0.717, 1.165) is 114 Å². The Morgan fingerprint density at radius 1 is 0.983 bits per heavy atom. The number of sulfonamides is 1. The van der Waals surface area contributed by atoms with Crippen molar-refractivity contribution in [3.8, 4) is 11.5 Å². The minimum absolute atomic E-state index is 0.0156. The number of aromatic nitrogens is 3. The summed E-state index contributed by atoms with van der Waals surface area (Å²) in [5.74, 6) is 0.660. The lowest BCUT2D eigenvalue weighted by Gasteiger charge is -2.56. The van der Waals surface area contributed by atoms with Crippen LogP contribution in [-0.2, 0) is 14.8 Å². The van der Waals surface area contributed by atoms with Gasteiger partial charge in [0.15, 0.2) is 0 Å². The second-order valence-electron chi connectivity index (χ2n) is 16.7. The number of nitrogens with one attached hydrogen (secondary N) is 3. The van der Waals surface area contributed by atoms with E-state index in [4.69, 9.17) is 4.74 Å². The molecule has 0 bridgehead atoms. The van der Waals surface area contributed by atoms with Gasteiger partial charge < -0.3 is 24.8 Å². The van der Waals surface area contributed by atoms with Crippen LogP contribution in [0.1, 0.15) is 75.6 Å². The molecule has 3 N–H and O–H groups in total. The number of carbonyl (C=O) groups is 2. The molecule has 2 aliphatic carbocycles. The van der Waals surface area contributed by atoms with E-state index in [1.54, 1.807) is 37.4 Å². The first-order valence-corrected chi connectivity index (χ1v) is 21.8. The van der Waals surface area contributed by atoms with E-state index in [1.165, 1.54) is 6.20 Å². The summed E-state index contributed by atoms with van der Waals surface area (Å²) in [5, 5.41) is 15.9. The molecule has 8 rings (SSSR count). The van der Waals surface area contributed by atoms with Crippen LogP contribution in [-0.4, -0.2) is 102 Å². The molecule has 0 atom stereocenters. The van der Waals surface area contributed by atoms with Crippen molar-refractivity contribution in [2.75, 3.05) is 56.0 Å². The highest BCUT2D eigenvalue weighted by Crippen LogP contribution is 2.51. The Hall–Kier alpha value is -5.29. The van der Waals surface area contributed by atoms with E-state index in [9.17, 15) is 28.1 Å². The van der Waals surface area contributed by atoms with Gasteiger partial charge in [-0.25, -0.2) is 23.1 Å². The van der Waals surface area contributed by atoms with Crippen molar-refractivity contribution >= 4 is 50.1 Å². The number of piperazine rings is 1. The third-order valence-corrected chi connectivity index (χ3v) is 14.2. The van der Waals surface area contributed by atoms with Crippen LogP contribution in [0.3, 0.4) is 0 Å². The summed E-state index contributed by atoms with van der Waals surface area (Å²) in [6, 6.07) is 10.2. The summed E-state index contributed by atoms with van der Waals surface area (Å²) in [7, 11) is -4.59. The van der Waals surface area contributed by atoms with Crippen molar-refractivity contribution in [2.24, 2.45) is 17.3 Å². The van der Waals surface area contributed by atoms with Gasteiger partial charge in [0.05, 0.1) is 22.9 Å². The van der Waals surface area contributed by atoms with E-state index < -0.39 is 31.4 Å². The highest BCUT2D eigenvalue weighted by atomic mass is 32.2. The largest absolute Gasteiger partial charge is 0.455 e. The van der Waals surface area contributed by atoms with Crippen molar-refractivity contribution in [3.63, 3.8) is 0 Å². The number of nitrogens with zero attached hydrogens (tertiary/aromatic N) is 6. The number of aromatic amines is 1. The summed E-state index contributed by atoms with van der Waals surface area (Å²) in [5.41, 5.74) is 1.26. The molecular formula is C41H51N9O7S. The van der Waals surface area contributed by atoms with Gasteiger partial charge in [-0.05, 0) is 80.0 Å². The molecule has 2 saturated heterocycles. The van der Waals surface area contributed by atoms with Crippen LogP contribution in [0.5, 0.6) is 11.5 Å². The number of amides is 2. The number of pyridine rings is 2. The fourth-order valence-corrected chi connectivity index (χ4v) is 10.1. The van der Waals surface area contributed by atoms with Gasteiger partial charge in [-0.2, -0.15) is 0 Å². The molecule has 2 saturated carbocycles. The van der Waals surface area contributed by atoms with Crippen LogP contribution in [0.2, 0.25) is 0 Å². The molecule has 4 aliphatic rings. The van der Waals surface area contributed by atoms with E-state index in [2.05, 4.69) is 41.7 Å². The molecule has 2 amide bonds. The van der Waals surface area contributed by atoms with Crippen LogP contribution < -0.4 is 19.7 Å². The van der Waals surface area contributed by atoms with Crippen molar-refractivity contribution in [1.82, 2.24) is 29.5 Å². The molecule has 0 radical (unpaired) electrons. The quantitative estimate of drug-likeness (QED) is 0.120. The number of hydrogen-bond acceptors (Lipinski definition) is 12. The average molecular weight is 814 g/mol. The molecule has 1 aromatic carbocycles. The van der Waals surface area contributed by atoms with E-state index >= 15 is 0 Å². The molecule has 4 aromatic rings. The third kappa shape index (κ3) is 8.46. The van der Waals surface area contributed by atoms with Crippen LogP contribution in [0.15, 0.2) is 59.9 Å². The molecule has 2 aliphatic heterocycles. The lowest BCUT2D eigenvalue weighted by Crippen LogP contribution is -2.59. The number of rotatable bonds is 11. The van der Waals surface area contributed by atoms with E-state index in [-0.39, 0.29) is 28.5 Å². The van der Waals surface area contributed by atoms with Gasteiger partial charge in [0.2, 0.25) is 11.7 Å². The molecule has 0 unspecified atom stereocenters. The number of anilines is 2. The van der Waals surface area contributed by atoms with Gasteiger partial charge in [-0.1, -0.05) is 19.8 Å². The third-order valence-electron chi connectivity index (χ3n) is 12.9. The van der Waals surface area contributed by atoms with Gasteiger partial charge in [-0.3, -0.25) is 24.6 Å². The van der Waals surface area contributed by atoms with Crippen LogP contribution in [0.4, 0.5) is 17.2 Å². The summed E-state index contributed by atoms with van der Waals surface area (Å²) in [6.45, 7) is 9.40. The second-order valence-corrected chi connectivity index (χ2v) is 18.4. The normalized spacial score (nSPS) is 21.4. The molecule has 3 aromatic heterocycles. The average Bonchev–Trinajstić information content (AvgIpc) is 3.68. The topological polar surface area (TPSA) is 196 Å². The summed E-state index contributed by atoms with van der Waals surface area (Å²) >= 11 is 0. The Labute approximate surface area is 337 Å². The predicted octanol–water partition coefficient (Wildman–Crippen LogP) is 5.93. The monoisotopic (exact) mass is 813 g/mol. The van der Waals surface area contributed by atoms with Crippen molar-refractivity contribution < 1.29 is 27.7 Å².